The second-order valence-electron chi connectivity index (χ2n) is 11.3. The van der Waals surface area contributed by atoms with Crippen molar-refractivity contribution in [2.24, 2.45) is 0 Å². The van der Waals surface area contributed by atoms with Crippen molar-refractivity contribution < 1.29 is 4.42 Å². The van der Waals surface area contributed by atoms with Gasteiger partial charge in [0.25, 0.3) is 0 Å². The molecule has 0 N–H and O–H groups in total. The van der Waals surface area contributed by atoms with Gasteiger partial charge in [0, 0.05) is 32.7 Å². The lowest BCUT2D eigenvalue weighted by Crippen LogP contribution is -1.95. The molecule has 0 spiro atoms. The zero-order chi connectivity index (χ0) is 28.8. The van der Waals surface area contributed by atoms with Gasteiger partial charge in [-0.1, -0.05) is 91.0 Å². The highest BCUT2D eigenvalue weighted by molar-refractivity contribution is 6.30. The minimum atomic E-state index is 0.703. The molecule has 5 heteroatoms. The smallest absolute Gasteiger partial charge is 0.182 e. The van der Waals surface area contributed by atoms with Crippen molar-refractivity contribution in [2.75, 3.05) is 0 Å². The van der Waals surface area contributed by atoms with Crippen LogP contribution in [-0.4, -0.2) is 19.4 Å². The third-order valence-electron chi connectivity index (χ3n) is 8.87. The molecular formula is C39H22N4O. The molecule has 0 saturated heterocycles. The van der Waals surface area contributed by atoms with E-state index in [0.29, 0.717) is 5.82 Å². The molecule has 0 bridgehead atoms. The van der Waals surface area contributed by atoms with E-state index >= 15 is 0 Å². The third-order valence-corrected chi connectivity index (χ3v) is 8.87. The third kappa shape index (κ3) is 3.21. The van der Waals surface area contributed by atoms with Gasteiger partial charge in [0.1, 0.15) is 5.52 Å². The molecular weight excluding hydrogens is 540 g/mol. The molecule has 10 rings (SSSR count). The van der Waals surface area contributed by atoms with Gasteiger partial charge >= 0.3 is 0 Å². The van der Waals surface area contributed by atoms with Crippen LogP contribution in [0.2, 0.25) is 0 Å². The van der Waals surface area contributed by atoms with Gasteiger partial charge in [0.05, 0.1) is 33.1 Å². The quantitative estimate of drug-likeness (QED) is 0.215. The summed E-state index contributed by atoms with van der Waals surface area (Å²) < 4.78 is 8.39. The number of nitrogens with zero attached hydrogens (tertiary/aromatic N) is 4. The molecule has 0 unspecified atom stereocenters. The second kappa shape index (κ2) is 8.72. The summed E-state index contributed by atoms with van der Waals surface area (Å²) in [5.41, 5.74) is 11.3. The maximum Gasteiger partial charge on any atom is 0.182 e. The maximum absolute atomic E-state index is 6.02. The van der Waals surface area contributed by atoms with E-state index in [0.717, 1.165) is 66.2 Å². The van der Waals surface area contributed by atoms with Crippen LogP contribution in [0.25, 0.3) is 93.9 Å². The number of rotatable bonds is 3. The summed E-state index contributed by atoms with van der Waals surface area (Å²) in [6.07, 6.45) is 1.54. The highest BCUT2D eigenvalue weighted by Gasteiger charge is 2.22. The first-order valence-electron chi connectivity index (χ1n) is 14.7. The highest BCUT2D eigenvalue weighted by Crippen LogP contribution is 2.44. The Bertz CT molecular complexity index is 2720. The van der Waals surface area contributed by atoms with Crippen LogP contribution < -0.4 is 0 Å². The molecule has 44 heavy (non-hydrogen) atoms. The fraction of sp³-hybridized carbons (Fsp3) is 0. The average Bonchev–Trinajstić information content (AvgIpc) is 3.79. The van der Waals surface area contributed by atoms with Gasteiger partial charge in [-0.15, -0.1) is 0 Å². The molecule has 5 nitrogen and oxygen atoms in total. The first-order valence-corrected chi connectivity index (χ1v) is 14.7. The van der Waals surface area contributed by atoms with Gasteiger partial charge in [-0.3, -0.25) is 0 Å². The Morgan fingerprint density at radius 2 is 1.27 bits per heavy atom. The van der Waals surface area contributed by atoms with Crippen molar-refractivity contribution in [3.05, 3.63) is 134 Å². The van der Waals surface area contributed by atoms with Gasteiger partial charge in [-0.05, 0) is 47.5 Å². The molecule has 0 radical (unpaired) electrons. The maximum atomic E-state index is 6.02. The van der Waals surface area contributed by atoms with E-state index in [4.69, 9.17) is 14.4 Å². The molecule has 0 aliphatic heterocycles. The lowest BCUT2D eigenvalue weighted by Gasteiger charge is -2.11. The van der Waals surface area contributed by atoms with E-state index in [9.17, 15) is 0 Å². The molecule has 4 aromatic heterocycles. The highest BCUT2D eigenvalue weighted by atomic mass is 16.3. The van der Waals surface area contributed by atoms with Crippen molar-refractivity contribution in [1.29, 1.82) is 0 Å². The molecule has 0 fully saturated rings. The predicted molar refractivity (Wildman–Crippen MR) is 178 cm³/mol. The number of hydrogen-bond donors (Lipinski definition) is 0. The monoisotopic (exact) mass is 562 g/mol. The molecule has 0 saturated carbocycles. The van der Waals surface area contributed by atoms with Gasteiger partial charge in [-0.2, -0.15) is 0 Å². The summed E-state index contributed by atoms with van der Waals surface area (Å²) in [6.45, 7) is 0. The van der Waals surface area contributed by atoms with Crippen molar-refractivity contribution in [3.63, 3.8) is 0 Å². The molecule has 6 aromatic carbocycles. The summed E-state index contributed by atoms with van der Waals surface area (Å²) in [4.78, 5) is 14.8. The topological polar surface area (TPSA) is 56.2 Å². The lowest BCUT2D eigenvalue weighted by atomic mass is 10.0. The number of fused-ring (bicyclic) bond motifs is 9. The van der Waals surface area contributed by atoms with Crippen LogP contribution in [0, 0.1) is 0 Å². The predicted octanol–water partition coefficient (Wildman–Crippen LogP) is 9.92. The van der Waals surface area contributed by atoms with Crippen LogP contribution in [0.1, 0.15) is 0 Å². The normalized spacial score (nSPS) is 12.1. The van der Waals surface area contributed by atoms with Crippen LogP contribution in [0.15, 0.2) is 138 Å². The van der Waals surface area contributed by atoms with Crippen molar-refractivity contribution >= 4 is 60.1 Å². The summed E-state index contributed by atoms with van der Waals surface area (Å²) in [7, 11) is 0. The molecule has 0 amide bonds. The minimum absolute atomic E-state index is 0.703. The van der Waals surface area contributed by atoms with E-state index in [2.05, 4.69) is 125 Å². The fourth-order valence-electron chi connectivity index (χ4n) is 6.92. The van der Waals surface area contributed by atoms with E-state index in [1.165, 1.54) is 21.9 Å². The summed E-state index contributed by atoms with van der Waals surface area (Å²) in [6, 6.07) is 44.5. The standard InChI is InChI=1S/C39H22N4O/c1-2-9-23(10-3-1)24-11-8-12-26(19-24)39-41-31-15-6-4-14-28(31)36(42-39)25-17-18-34-30(20-25)35-37-29(21-32-38(35)44-22-40-32)27-13-5-7-16-33(27)43(34)37/h1-22H. The number of hydrogen-bond acceptors (Lipinski definition) is 4. The Hall–Kier alpha value is -6.07. The van der Waals surface area contributed by atoms with Crippen LogP contribution in [0.5, 0.6) is 0 Å². The van der Waals surface area contributed by atoms with Crippen molar-refractivity contribution in [1.82, 2.24) is 19.4 Å². The first kappa shape index (κ1) is 23.5. The lowest BCUT2D eigenvalue weighted by molar-refractivity contribution is 0.605. The van der Waals surface area contributed by atoms with Crippen LogP contribution >= 0.6 is 0 Å². The van der Waals surface area contributed by atoms with E-state index in [1.54, 1.807) is 6.39 Å². The molecule has 0 aliphatic rings. The van der Waals surface area contributed by atoms with Crippen LogP contribution in [0.3, 0.4) is 0 Å². The van der Waals surface area contributed by atoms with E-state index < -0.39 is 0 Å². The molecule has 4 heterocycles. The Balaban J connectivity index is 1.25. The number of benzene rings is 6. The van der Waals surface area contributed by atoms with E-state index in [-0.39, 0.29) is 0 Å². The Morgan fingerprint density at radius 1 is 0.500 bits per heavy atom. The second-order valence-corrected chi connectivity index (χ2v) is 11.3. The van der Waals surface area contributed by atoms with Gasteiger partial charge < -0.3 is 8.82 Å². The molecule has 10 aromatic rings. The molecule has 0 aliphatic carbocycles. The van der Waals surface area contributed by atoms with Crippen molar-refractivity contribution in [3.8, 4) is 33.8 Å². The van der Waals surface area contributed by atoms with Crippen LogP contribution in [0.4, 0.5) is 0 Å². The number of para-hydroxylation sites is 2. The first-order chi connectivity index (χ1) is 21.8. The Kier molecular flexibility index (Phi) is 4.66. The number of oxazole rings is 1. The van der Waals surface area contributed by atoms with Gasteiger partial charge in [0.2, 0.25) is 0 Å². The zero-order valence-corrected chi connectivity index (χ0v) is 23.4. The minimum Gasteiger partial charge on any atom is -0.443 e. The molecule has 204 valence electrons. The summed E-state index contributed by atoms with van der Waals surface area (Å²) >= 11 is 0. The van der Waals surface area contributed by atoms with Gasteiger partial charge in [-0.25, -0.2) is 15.0 Å². The van der Waals surface area contributed by atoms with Gasteiger partial charge in [0.15, 0.2) is 17.8 Å². The zero-order valence-electron chi connectivity index (χ0n) is 23.4. The Labute approximate surface area is 251 Å². The molecule has 0 atom stereocenters. The fourth-order valence-corrected chi connectivity index (χ4v) is 6.92. The summed E-state index contributed by atoms with van der Waals surface area (Å²) in [5, 5.41) is 5.61. The van der Waals surface area contributed by atoms with Crippen LogP contribution in [-0.2, 0) is 0 Å². The average molecular weight is 563 g/mol. The Morgan fingerprint density at radius 3 is 2.20 bits per heavy atom. The number of aromatic nitrogens is 4. The SMILES string of the molecule is c1ccc(-c2cccc(-c3nc(-c4ccc5c(c4)c4c6ocnc6cc6c7ccccc7n5c64)c4ccccc4n3)c2)cc1. The largest absolute Gasteiger partial charge is 0.443 e. The van der Waals surface area contributed by atoms with Crippen molar-refractivity contribution in [2.45, 2.75) is 0 Å². The van der Waals surface area contributed by atoms with E-state index in [1.807, 2.05) is 12.1 Å². The summed E-state index contributed by atoms with van der Waals surface area (Å²) in [5.74, 6) is 0.703.